The molecule has 4 aromatic heterocycles. The van der Waals surface area contributed by atoms with Gasteiger partial charge in [-0.15, -0.1) is 0 Å². The maximum Gasteiger partial charge on any atom is 0.251 e. The molecule has 9 nitrogen and oxygen atoms in total. The Kier molecular flexibility index (Phi) is 5.49. The molecule has 0 aliphatic heterocycles. The molecule has 36 heavy (non-hydrogen) atoms. The van der Waals surface area contributed by atoms with Gasteiger partial charge in [-0.1, -0.05) is 0 Å². The summed E-state index contributed by atoms with van der Waals surface area (Å²) in [6.07, 6.45) is 8.14. The van der Waals surface area contributed by atoms with E-state index in [2.05, 4.69) is 30.6 Å². The van der Waals surface area contributed by atoms with Crippen LogP contribution in [0.2, 0.25) is 0 Å². The number of hydrogen-bond acceptors (Lipinski definition) is 6. The molecular weight excluding hydrogens is 454 g/mol. The molecule has 1 fully saturated rings. The van der Waals surface area contributed by atoms with E-state index in [1.165, 1.54) is 0 Å². The van der Waals surface area contributed by atoms with Crippen LogP contribution in [0.3, 0.4) is 0 Å². The maximum atomic E-state index is 13.2. The molecule has 1 aliphatic rings. The van der Waals surface area contributed by atoms with E-state index in [4.69, 9.17) is 0 Å². The lowest BCUT2D eigenvalue weighted by Crippen LogP contribution is -2.47. The first-order chi connectivity index (χ1) is 17.5. The number of carbonyl (C=O) groups excluding carboxylic acids is 1. The zero-order chi connectivity index (χ0) is 24.7. The second-order valence-corrected chi connectivity index (χ2v) is 9.74. The van der Waals surface area contributed by atoms with Gasteiger partial charge in [0.05, 0.1) is 23.9 Å². The number of carbonyl (C=O) groups is 1. The summed E-state index contributed by atoms with van der Waals surface area (Å²) in [6.45, 7) is 2.31. The molecule has 0 spiro atoms. The number of pyridine rings is 2. The van der Waals surface area contributed by atoms with Crippen LogP contribution in [-0.2, 0) is 6.54 Å². The van der Waals surface area contributed by atoms with Gasteiger partial charge in [-0.2, -0.15) is 10.2 Å². The van der Waals surface area contributed by atoms with Crippen LogP contribution in [0.4, 0.5) is 0 Å². The second kappa shape index (κ2) is 8.83. The highest BCUT2D eigenvalue weighted by molar-refractivity contribution is 6.01. The number of hydrogen-bond donors (Lipinski definition) is 3. The van der Waals surface area contributed by atoms with Gasteiger partial charge in [0.25, 0.3) is 5.91 Å². The van der Waals surface area contributed by atoms with Crippen LogP contribution in [0.5, 0.6) is 0 Å². The van der Waals surface area contributed by atoms with Gasteiger partial charge < -0.3 is 10.4 Å². The van der Waals surface area contributed by atoms with Crippen molar-refractivity contribution in [1.29, 1.82) is 0 Å². The molecular formula is C27H27N7O2. The highest BCUT2D eigenvalue weighted by Gasteiger charge is 2.36. The number of aromatic nitrogens is 6. The van der Waals surface area contributed by atoms with E-state index < -0.39 is 5.60 Å². The minimum Gasteiger partial charge on any atom is -0.388 e. The molecule has 1 aliphatic carbocycles. The van der Waals surface area contributed by atoms with E-state index in [1.54, 1.807) is 23.1 Å². The molecule has 6 rings (SSSR count). The van der Waals surface area contributed by atoms with E-state index in [1.807, 2.05) is 49.5 Å². The van der Waals surface area contributed by atoms with Crippen LogP contribution in [0, 0.1) is 6.92 Å². The highest BCUT2D eigenvalue weighted by Crippen LogP contribution is 2.31. The summed E-state index contributed by atoms with van der Waals surface area (Å²) in [7, 11) is 0. The lowest BCUT2D eigenvalue weighted by molar-refractivity contribution is -0.0235. The van der Waals surface area contributed by atoms with E-state index in [-0.39, 0.29) is 11.9 Å². The summed E-state index contributed by atoms with van der Waals surface area (Å²) in [4.78, 5) is 21.8. The van der Waals surface area contributed by atoms with Crippen molar-refractivity contribution in [3.63, 3.8) is 0 Å². The number of aliphatic hydroxyl groups is 1. The molecule has 5 aromatic rings. The Morgan fingerprint density at radius 3 is 2.97 bits per heavy atom. The quantitative estimate of drug-likeness (QED) is 0.351. The molecule has 3 N–H and O–H groups in total. The van der Waals surface area contributed by atoms with Gasteiger partial charge in [0.15, 0.2) is 0 Å². The number of nitrogens with one attached hydrogen (secondary N) is 2. The van der Waals surface area contributed by atoms with Crippen molar-refractivity contribution in [2.45, 2.75) is 50.8 Å². The van der Waals surface area contributed by atoms with Crippen LogP contribution in [0.15, 0.2) is 61.1 Å². The van der Waals surface area contributed by atoms with Crippen molar-refractivity contribution in [2.75, 3.05) is 0 Å². The SMILES string of the molecule is Cc1cc(-c2n[nH]c3ccc(C(=O)N[C@@H]4CCC[C@@](O)(Cn5cc6ncccc6n5)C4)cc23)ccn1. The molecule has 1 amide bonds. The summed E-state index contributed by atoms with van der Waals surface area (Å²) in [5, 5.41) is 27.4. The molecule has 2 atom stereocenters. The Morgan fingerprint density at radius 1 is 1.19 bits per heavy atom. The predicted molar refractivity (Wildman–Crippen MR) is 136 cm³/mol. The average molecular weight is 482 g/mol. The fourth-order valence-electron chi connectivity index (χ4n) is 5.23. The van der Waals surface area contributed by atoms with E-state index in [0.717, 1.165) is 51.7 Å². The fourth-order valence-corrected chi connectivity index (χ4v) is 5.23. The van der Waals surface area contributed by atoms with Crippen LogP contribution < -0.4 is 5.32 Å². The number of aryl methyl sites for hydroxylation is 1. The Balaban J connectivity index is 1.18. The molecule has 0 unspecified atom stereocenters. The van der Waals surface area contributed by atoms with Gasteiger partial charge in [-0.05, 0) is 75.1 Å². The van der Waals surface area contributed by atoms with Gasteiger partial charge >= 0.3 is 0 Å². The first-order valence-corrected chi connectivity index (χ1v) is 12.2. The second-order valence-electron chi connectivity index (χ2n) is 9.74. The normalized spacial score (nSPS) is 20.1. The van der Waals surface area contributed by atoms with Crippen LogP contribution in [-0.4, -0.2) is 52.6 Å². The minimum absolute atomic E-state index is 0.123. The zero-order valence-corrected chi connectivity index (χ0v) is 20.0. The number of aromatic amines is 1. The van der Waals surface area contributed by atoms with Gasteiger partial charge in [0, 0.05) is 40.6 Å². The van der Waals surface area contributed by atoms with Crippen molar-refractivity contribution in [3.8, 4) is 11.3 Å². The van der Waals surface area contributed by atoms with Crippen molar-refractivity contribution < 1.29 is 9.90 Å². The summed E-state index contributed by atoms with van der Waals surface area (Å²) in [5.74, 6) is -0.154. The van der Waals surface area contributed by atoms with E-state index in [9.17, 15) is 9.90 Å². The van der Waals surface area contributed by atoms with E-state index >= 15 is 0 Å². The summed E-state index contributed by atoms with van der Waals surface area (Å²) in [5.41, 5.74) is 4.73. The third-order valence-electron chi connectivity index (χ3n) is 6.93. The van der Waals surface area contributed by atoms with Crippen molar-refractivity contribution >= 4 is 27.8 Å². The van der Waals surface area contributed by atoms with Crippen LogP contribution >= 0.6 is 0 Å². The Labute approximate surface area is 207 Å². The molecule has 9 heteroatoms. The predicted octanol–water partition coefficient (Wildman–Crippen LogP) is 3.78. The number of benzene rings is 1. The Hall–Kier alpha value is -4.11. The van der Waals surface area contributed by atoms with Gasteiger partial charge in [0.2, 0.25) is 0 Å². The van der Waals surface area contributed by atoms with Crippen molar-refractivity contribution in [2.24, 2.45) is 0 Å². The van der Waals surface area contributed by atoms with Gasteiger partial charge in [-0.25, -0.2) is 0 Å². The number of fused-ring (bicyclic) bond motifs is 2. The topological polar surface area (TPSA) is 122 Å². The third-order valence-corrected chi connectivity index (χ3v) is 6.93. The van der Waals surface area contributed by atoms with Gasteiger partial charge in [0.1, 0.15) is 16.7 Å². The van der Waals surface area contributed by atoms with Crippen LogP contribution in [0.1, 0.15) is 41.7 Å². The number of H-pyrrole nitrogens is 1. The summed E-state index contributed by atoms with van der Waals surface area (Å²) < 4.78 is 1.76. The molecule has 0 saturated heterocycles. The van der Waals surface area contributed by atoms with Crippen LogP contribution in [0.25, 0.3) is 33.2 Å². The largest absolute Gasteiger partial charge is 0.388 e. The standard InChI is InChI=1S/C27H27N7O2/c1-17-12-18(8-11-28-17)25-21-13-19(6-7-22(21)31-32-25)26(35)30-20-4-2-9-27(36,14-20)16-34-15-24-23(33-34)5-3-10-29-24/h3,5-8,10-13,15,20,36H,2,4,9,14,16H2,1H3,(H,30,35)(H,31,32)/t20-,27+/m1/s1. The summed E-state index contributed by atoms with van der Waals surface area (Å²) in [6, 6.07) is 13.1. The minimum atomic E-state index is -0.945. The maximum absolute atomic E-state index is 13.2. The van der Waals surface area contributed by atoms with Gasteiger partial charge in [-0.3, -0.25) is 24.5 Å². The molecule has 0 bridgehead atoms. The average Bonchev–Trinajstić information content (AvgIpc) is 3.46. The highest BCUT2D eigenvalue weighted by atomic mass is 16.3. The first kappa shape index (κ1) is 22.4. The fraction of sp³-hybridized carbons (Fsp3) is 0.296. The number of rotatable bonds is 5. The molecule has 0 radical (unpaired) electrons. The summed E-state index contributed by atoms with van der Waals surface area (Å²) >= 11 is 0. The first-order valence-electron chi connectivity index (χ1n) is 12.2. The molecule has 1 aromatic carbocycles. The Morgan fingerprint density at radius 2 is 2.11 bits per heavy atom. The molecule has 4 heterocycles. The monoisotopic (exact) mass is 481 g/mol. The molecule has 182 valence electrons. The smallest absolute Gasteiger partial charge is 0.251 e. The Bertz CT molecular complexity index is 1540. The lowest BCUT2D eigenvalue weighted by Gasteiger charge is -2.37. The lowest BCUT2D eigenvalue weighted by atomic mass is 9.81. The molecule has 1 saturated carbocycles. The third kappa shape index (κ3) is 4.33. The number of amides is 1. The van der Waals surface area contributed by atoms with Crippen molar-refractivity contribution in [1.82, 2.24) is 35.3 Å². The van der Waals surface area contributed by atoms with E-state index in [0.29, 0.717) is 24.9 Å². The van der Waals surface area contributed by atoms with Crippen molar-refractivity contribution in [3.05, 3.63) is 72.3 Å². The number of nitrogens with zero attached hydrogens (tertiary/aromatic N) is 5. The zero-order valence-electron chi connectivity index (χ0n) is 20.0.